The average molecular weight is 207 g/mol. The highest BCUT2D eigenvalue weighted by Crippen LogP contribution is 2.63. The van der Waals surface area contributed by atoms with Crippen LogP contribution >= 0.6 is 0 Å². The van der Waals surface area contributed by atoms with Crippen LogP contribution < -0.4 is 5.32 Å². The molecule has 1 heteroatoms. The Labute approximate surface area is 94.0 Å². The van der Waals surface area contributed by atoms with E-state index in [4.69, 9.17) is 0 Å². The molecule has 1 unspecified atom stereocenters. The van der Waals surface area contributed by atoms with Gasteiger partial charge in [0.05, 0.1) is 0 Å². The molecule has 3 fully saturated rings. The largest absolute Gasteiger partial charge is 0.314 e. The van der Waals surface area contributed by atoms with Gasteiger partial charge in [0, 0.05) is 6.04 Å². The van der Waals surface area contributed by atoms with Crippen LogP contribution in [-0.4, -0.2) is 12.6 Å². The van der Waals surface area contributed by atoms with Crippen molar-refractivity contribution >= 4 is 0 Å². The van der Waals surface area contributed by atoms with Crippen LogP contribution in [0, 0.1) is 16.7 Å². The first-order valence-electron chi connectivity index (χ1n) is 6.83. The molecule has 0 aliphatic heterocycles. The van der Waals surface area contributed by atoms with Gasteiger partial charge in [-0.1, -0.05) is 13.8 Å². The molecule has 3 saturated carbocycles. The summed E-state index contributed by atoms with van der Waals surface area (Å²) in [6.45, 7) is 6.21. The molecule has 3 aliphatic rings. The van der Waals surface area contributed by atoms with Crippen molar-refractivity contribution in [1.82, 2.24) is 5.32 Å². The molecule has 1 atom stereocenters. The summed E-state index contributed by atoms with van der Waals surface area (Å²) in [5.74, 6) is 1.04. The van der Waals surface area contributed by atoms with Gasteiger partial charge in [-0.05, 0) is 68.2 Å². The summed E-state index contributed by atoms with van der Waals surface area (Å²) in [5, 5.41) is 3.71. The van der Waals surface area contributed by atoms with Gasteiger partial charge in [0.25, 0.3) is 0 Å². The summed E-state index contributed by atoms with van der Waals surface area (Å²) in [5.41, 5.74) is 1.44. The second kappa shape index (κ2) is 3.23. The van der Waals surface area contributed by atoms with Crippen molar-refractivity contribution in [3.8, 4) is 0 Å². The molecule has 0 heterocycles. The van der Waals surface area contributed by atoms with Gasteiger partial charge in [0.15, 0.2) is 0 Å². The molecule has 15 heavy (non-hydrogen) atoms. The molecule has 3 aliphatic carbocycles. The molecule has 0 aromatic heterocycles. The molecular formula is C14H25N. The first kappa shape index (κ1) is 10.1. The second-order valence-electron chi connectivity index (χ2n) is 7.11. The van der Waals surface area contributed by atoms with Gasteiger partial charge < -0.3 is 5.32 Å². The number of hydrogen-bond acceptors (Lipinski definition) is 1. The minimum Gasteiger partial charge on any atom is -0.314 e. The summed E-state index contributed by atoms with van der Waals surface area (Å²) in [6, 6.07) is 0.905. The maximum absolute atomic E-state index is 3.71. The SMILES string of the molecule is CC1(C)CCC2(CC1)CC2CNC1CC1. The molecule has 3 rings (SSSR count). The van der Waals surface area contributed by atoms with Gasteiger partial charge in [-0.3, -0.25) is 0 Å². The van der Waals surface area contributed by atoms with Crippen molar-refractivity contribution in [2.75, 3.05) is 6.54 Å². The van der Waals surface area contributed by atoms with Crippen LogP contribution in [0.25, 0.3) is 0 Å². The van der Waals surface area contributed by atoms with E-state index < -0.39 is 0 Å². The summed E-state index contributed by atoms with van der Waals surface area (Å²) >= 11 is 0. The van der Waals surface area contributed by atoms with Gasteiger partial charge in [0.1, 0.15) is 0 Å². The van der Waals surface area contributed by atoms with Crippen molar-refractivity contribution in [3.05, 3.63) is 0 Å². The van der Waals surface area contributed by atoms with E-state index in [1.165, 1.54) is 51.5 Å². The van der Waals surface area contributed by atoms with Crippen LogP contribution in [-0.2, 0) is 0 Å². The average Bonchev–Trinajstić information content (AvgIpc) is 3.07. The van der Waals surface area contributed by atoms with Crippen LogP contribution in [0.4, 0.5) is 0 Å². The van der Waals surface area contributed by atoms with E-state index >= 15 is 0 Å². The van der Waals surface area contributed by atoms with E-state index in [9.17, 15) is 0 Å². The fraction of sp³-hybridized carbons (Fsp3) is 1.00. The Bertz CT molecular complexity index is 242. The maximum Gasteiger partial charge on any atom is 0.00683 e. The Morgan fingerprint density at radius 2 is 1.73 bits per heavy atom. The Balaban J connectivity index is 1.47. The lowest BCUT2D eigenvalue weighted by Crippen LogP contribution is -2.26. The highest BCUT2D eigenvalue weighted by molar-refractivity contribution is 5.06. The van der Waals surface area contributed by atoms with Gasteiger partial charge in [-0.25, -0.2) is 0 Å². The molecule has 1 spiro atoms. The van der Waals surface area contributed by atoms with Crippen molar-refractivity contribution in [3.63, 3.8) is 0 Å². The summed E-state index contributed by atoms with van der Waals surface area (Å²) in [6.07, 6.45) is 10.4. The lowest BCUT2D eigenvalue weighted by atomic mass is 9.71. The summed E-state index contributed by atoms with van der Waals surface area (Å²) in [7, 11) is 0. The second-order valence-corrected chi connectivity index (χ2v) is 7.11. The van der Waals surface area contributed by atoms with Crippen LogP contribution in [0.1, 0.15) is 58.8 Å². The molecule has 0 radical (unpaired) electrons. The van der Waals surface area contributed by atoms with Gasteiger partial charge in [0.2, 0.25) is 0 Å². The molecule has 0 aromatic carbocycles. The zero-order valence-electron chi connectivity index (χ0n) is 10.3. The molecule has 0 saturated heterocycles. The van der Waals surface area contributed by atoms with Crippen LogP contribution in [0.3, 0.4) is 0 Å². The Hall–Kier alpha value is -0.0400. The molecule has 1 nitrogen and oxygen atoms in total. The summed E-state index contributed by atoms with van der Waals surface area (Å²) in [4.78, 5) is 0. The monoisotopic (exact) mass is 207 g/mol. The molecule has 0 amide bonds. The highest BCUT2D eigenvalue weighted by Gasteiger charge is 2.55. The molecular weight excluding hydrogens is 182 g/mol. The third-order valence-electron chi connectivity index (χ3n) is 5.19. The lowest BCUT2D eigenvalue weighted by Gasteiger charge is -2.35. The third kappa shape index (κ3) is 2.08. The molecule has 0 bridgehead atoms. The van der Waals surface area contributed by atoms with Crippen molar-refractivity contribution in [2.45, 2.75) is 64.8 Å². The van der Waals surface area contributed by atoms with Crippen LogP contribution in [0.5, 0.6) is 0 Å². The topological polar surface area (TPSA) is 12.0 Å². The van der Waals surface area contributed by atoms with E-state index in [0.717, 1.165) is 17.4 Å². The quantitative estimate of drug-likeness (QED) is 0.748. The van der Waals surface area contributed by atoms with Crippen LogP contribution in [0.15, 0.2) is 0 Å². The Morgan fingerprint density at radius 1 is 1.07 bits per heavy atom. The van der Waals surface area contributed by atoms with Crippen molar-refractivity contribution in [2.24, 2.45) is 16.7 Å². The van der Waals surface area contributed by atoms with Gasteiger partial charge in [-0.2, -0.15) is 0 Å². The third-order valence-corrected chi connectivity index (χ3v) is 5.19. The maximum atomic E-state index is 3.71. The normalized spacial score (nSPS) is 36.8. The van der Waals surface area contributed by atoms with Gasteiger partial charge in [-0.15, -0.1) is 0 Å². The van der Waals surface area contributed by atoms with E-state index in [-0.39, 0.29) is 0 Å². The van der Waals surface area contributed by atoms with E-state index in [0.29, 0.717) is 5.41 Å². The number of rotatable bonds is 3. The first-order chi connectivity index (χ1) is 7.10. The highest BCUT2D eigenvalue weighted by atomic mass is 15.0. The van der Waals surface area contributed by atoms with E-state index in [1.807, 2.05) is 0 Å². The Kier molecular flexibility index (Phi) is 2.18. The Morgan fingerprint density at radius 3 is 2.33 bits per heavy atom. The standard InChI is InChI=1S/C14H25N/c1-13(2)5-7-14(8-6-13)9-11(14)10-15-12-3-4-12/h11-12,15H,3-10H2,1-2H3. The van der Waals surface area contributed by atoms with E-state index in [1.54, 1.807) is 0 Å². The fourth-order valence-corrected chi connectivity index (χ4v) is 3.35. The predicted molar refractivity (Wildman–Crippen MR) is 63.8 cm³/mol. The molecule has 86 valence electrons. The fourth-order valence-electron chi connectivity index (χ4n) is 3.35. The predicted octanol–water partition coefficient (Wildman–Crippen LogP) is 3.34. The smallest absolute Gasteiger partial charge is 0.00683 e. The summed E-state index contributed by atoms with van der Waals surface area (Å²) < 4.78 is 0. The lowest BCUT2D eigenvalue weighted by molar-refractivity contribution is 0.166. The molecule has 1 N–H and O–H groups in total. The van der Waals surface area contributed by atoms with Crippen LogP contribution in [0.2, 0.25) is 0 Å². The van der Waals surface area contributed by atoms with Crippen molar-refractivity contribution < 1.29 is 0 Å². The first-order valence-corrected chi connectivity index (χ1v) is 6.83. The minimum absolute atomic E-state index is 0.641. The minimum atomic E-state index is 0.641. The van der Waals surface area contributed by atoms with Crippen molar-refractivity contribution in [1.29, 1.82) is 0 Å². The number of nitrogens with one attached hydrogen (secondary N) is 1. The zero-order valence-corrected chi connectivity index (χ0v) is 10.3. The zero-order chi connectivity index (χ0) is 10.5. The van der Waals surface area contributed by atoms with Gasteiger partial charge >= 0.3 is 0 Å². The number of hydrogen-bond donors (Lipinski definition) is 1. The van der Waals surface area contributed by atoms with E-state index in [2.05, 4.69) is 19.2 Å². The molecule has 0 aromatic rings.